The van der Waals surface area contributed by atoms with E-state index in [1.165, 1.54) is 5.56 Å². The molecule has 1 unspecified atom stereocenters. The Morgan fingerprint density at radius 3 is 2.67 bits per heavy atom. The highest BCUT2D eigenvalue weighted by Crippen LogP contribution is 2.34. The topological polar surface area (TPSA) is 59.2 Å². The molecule has 0 N–H and O–H groups in total. The Labute approximate surface area is 143 Å². The molecule has 1 saturated heterocycles. The number of aryl methyl sites for hydroxylation is 1. The van der Waals surface area contributed by atoms with Gasteiger partial charge in [-0.15, -0.1) is 0 Å². The number of carbonyl (C=O) groups excluding carboxylic acids is 1. The molecular weight excluding hydrogens is 302 g/mol. The zero-order valence-electron chi connectivity index (χ0n) is 14.9. The third kappa shape index (κ3) is 3.66. The van der Waals surface area contributed by atoms with Gasteiger partial charge in [0.2, 0.25) is 17.6 Å². The minimum absolute atomic E-state index is 0.0217. The van der Waals surface area contributed by atoms with E-state index in [2.05, 4.69) is 30.9 Å². The Balaban J connectivity index is 1.78. The first-order valence-electron chi connectivity index (χ1n) is 8.54. The third-order valence-corrected chi connectivity index (χ3v) is 4.29. The molecule has 0 saturated carbocycles. The van der Waals surface area contributed by atoms with Crippen molar-refractivity contribution in [2.75, 3.05) is 6.54 Å². The maximum absolute atomic E-state index is 12.6. The van der Waals surface area contributed by atoms with Crippen molar-refractivity contribution < 1.29 is 9.32 Å². The quantitative estimate of drug-likeness (QED) is 0.850. The monoisotopic (exact) mass is 327 g/mol. The SMILES string of the molecule is Cc1ccc(-c2noc(C3CCCN3C(=O)CC(C)(C)C)n2)cc1. The zero-order valence-corrected chi connectivity index (χ0v) is 14.9. The van der Waals surface area contributed by atoms with Crippen molar-refractivity contribution in [3.05, 3.63) is 35.7 Å². The van der Waals surface area contributed by atoms with Crippen molar-refractivity contribution in [3.8, 4) is 11.4 Å². The summed E-state index contributed by atoms with van der Waals surface area (Å²) >= 11 is 0. The van der Waals surface area contributed by atoms with E-state index in [1.807, 2.05) is 36.1 Å². The number of hydrogen-bond acceptors (Lipinski definition) is 4. The molecule has 0 radical (unpaired) electrons. The molecule has 128 valence electrons. The van der Waals surface area contributed by atoms with E-state index in [-0.39, 0.29) is 17.4 Å². The van der Waals surface area contributed by atoms with Crippen LogP contribution in [-0.4, -0.2) is 27.5 Å². The summed E-state index contributed by atoms with van der Waals surface area (Å²) in [5.41, 5.74) is 2.10. The molecule has 1 aromatic carbocycles. The smallest absolute Gasteiger partial charge is 0.249 e. The van der Waals surface area contributed by atoms with E-state index in [4.69, 9.17) is 4.52 Å². The van der Waals surface area contributed by atoms with Gasteiger partial charge in [0.05, 0.1) is 0 Å². The molecule has 5 nitrogen and oxygen atoms in total. The molecule has 1 aliphatic rings. The van der Waals surface area contributed by atoms with Crippen molar-refractivity contribution in [2.45, 2.75) is 53.0 Å². The average Bonchev–Trinajstić information content (AvgIpc) is 3.15. The molecule has 1 fully saturated rings. The maximum atomic E-state index is 12.6. The van der Waals surface area contributed by atoms with Crippen LogP contribution in [0, 0.1) is 12.3 Å². The van der Waals surface area contributed by atoms with Gasteiger partial charge in [-0.3, -0.25) is 4.79 Å². The van der Waals surface area contributed by atoms with Crippen LogP contribution in [0.5, 0.6) is 0 Å². The van der Waals surface area contributed by atoms with E-state index in [0.29, 0.717) is 18.1 Å². The number of benzene rings is 1. The first-order chi connectivity index (χ1) is 11.3. The highest BCUT2D eigenvalue weighted by atomic mass is 16.5. The average molecular weight is 327 g/mol. The van der Waals surface area contributed by atoms with E-state index in [0.717, 1.165) is 24.9 Å². The second-order valence-electron chi connectivity index (χ2n) is 7.80. The zero-order chi connectivity index (χ0) is 17.3. The summed E-state index contributed by atoms with van der Waals surface area (Å²) in [6.07, 6.45) is 2.39. The predicted octanol–water partition coefficient (Wildman–Crippen LogP) is 4.14. The van der Waals surface area contributed by atoms with Crippen molar-refractivity contribution >= 4 is 5.91 Å². The van der Waals surface area contributed by atoms with Crippen LogP contribution in [0.1, 0.15) is 57.5 Å². The van der Waals surface area contributed by atoms with Gasteiger partial charge in [-0.25, -0.2) is 0 Å². The fraction of sp³-hybridized carbons (Fsp3) is 0.526. The number of amides is 1. The molecule has 1 aromatic heterocycles. The maximum Gasteiger partial charge on any atom is 0.249 e. The molecule has 3 rings (SSSR count). The van der Waals surface area contributed by atoms with Gasteiger partial charge < -0.3 is 9.42 Å². The Kier molecular flexibility index (Phi) is 4.43. The second-order valence-corrected chi connectivity index (χ2v) is 7.80. The van der Waals surface area contributed by atoms with E-state index in [9.17, 15) is 4.79 Å². The van der Waals surface area contributed by atoms with Gasteiger partial charge in [-0.05, 0) is 25.2 Å². The summed E-state index contributed by atoms with van der Waals surface area (Å²) in [6.45, 7) is 9.05. The minimum atomic E-state index is -0.0912. The molecule has 0 aliphatic carbocycles. The number of rotatable bonds is 3. The van der Waals surface area contributed by atoms with Crippen LogP contribution in [0.3, 0.4) is 0 Å². The normalized spacial score (nSPS) is 18.2. The van der Waals surface area contributed by atoms with Gasteiger partial charge in [0, 0.05) is 18.5 Å². The first-order valence-corrected chi connectivity index (χ1v) is 8.54. The lowest BCUT2D eigenvalue weighted by Gasteiger charge is -2.26. The minimum Gasteiger partial charge on any atom is -0.337 e. The van der Waals surface area contributed by atoms with Crippen LogP contribution >= 0.6 is 0 Å². The Hall–Kier alpha value is -2.17. The predicted molar refractivity (Wildman–Crippen MR) is 92.2 cm³/mol. The molecule has 5 heteroatoms. The number of likely N-dealkylation sites (tertiary alicyclic amines) is 1. The lowest BCUT2D eigenvalue weighted by Crippen LogP contribution is -2.33. The number of nitrogens with zero attached hydrogens (tertiary/aromatic N) is 3. The molecule has 2 heterocycles. The van der Waals surface area contributed by atoms with Gasteiger partial charge in [0.15, 0.2) is 0 Å². The summed E-state index contributed by atoms with van der Waals surface area (Å²) in [7, 11) is 0. The van der Waals surface area contributed by atoms with Crippen LogP contribution in [0.15, 0.2) is 28.8 Å². The van der Waals surface area contributed by atoms with Crippen LogP contribution in [0.25, 0.3) is 11.4 Å². The van der Waals surface area contributed by atoms with E-state index < -0.39 is 0 Å². The number of carbonyl (C=O) groups is 1. The second kappa shape index (κ2) is 6.38. The van der Waals surface area contributed by atoms with Crippen LogP contribution in [0.4, 0.5) is 0 Å². The van der Waals surface area contributed by atoms with Crippen LogP contribution in [0.2, 0.25) is 0 Å². The highest BCUT2D eigenvalue weighted by Gasteiger charge is 2.35. The van der Waals surface area contributed by atoms with Gasteiger partial charge in [-0.2, -0.15) is 4.98 Å². The van der Waals surface area contributed by atoms with Gasteiger partial charge in [0.1, 0.15) is 6.04 Å². The highest BCUT2D eigenvalue weighted by molar-refractivity contribution is 5.77. The summed E-state index contributed by atoms with van der Waals surface area (Å²) in [5.74, 6) is 1.30. The Morgan fingerprint density at radius 2 is 2.00 bits per heavy atom. The van der Waals surface area contributed by atoms with Gasteiger partial charge in [-0.1, -0.05) is 55.8 Å². The third-order valence-electron chi connectivity index (χ3n) is 4.29. The Bertz CT molecular complexity index is 713. The fourth-order valence-electron chi connectivity index (χ4n) is 3.07. The molecule has 1 amide bonds. The van der Waals surface area contributed by atoms with E-state index in [1.54, 1.807) is 0 Å². The lowest BCUT2D eigenvalue weighted by atomic mass is 9.91. The molecular formula is C19H25N3O2. The largest absolute Gasteiger partial charge is 0.337 e. The number of aromatic nitrogens is 2. The van der Waals surface area contributed by atoms with Crippen molar-refractivity contribution in [1.29, 1.82) is 0 Å². The van der Waals surface area contributed by atoms with Crippen LogP contribution in [-0.2, 0) is 4.79 Å². The first kappa shape index (κ1) is 16.7. The van der Waals surface area contributed by atoms with Crippen molar-refractivity contribution in [3.63, 3.8) is 0 Å². The summed E-state index contributed by atoms with van der Waals surface area (Å²) in [4.78, 5) is 19.0. The molecule has 2 aromatic rings. The lowest BCUT2D eigenvalue weighted by molar-refractivity contribution is -0.134. The Morgan fingerprint density at radius 1 is 1.29 bits per heavy atom. The van der Waals surface area contributed by atoms with E-state index >= 15 is 0 Å². The van der Waals surface area contributed by atoms with Gasteiger partial charge in [0.25, 0.3) is 0 Å². The fourth-order valence-corrected chi connectivity index (χ4v) is 3.07. The summed E-state index contributed by atoms with van der Waals surface area (Å²) < 4.78 is 5.49. The molecule has 0 bridgehead atoms. The van der Waals surface area contributed by atoms with Crippen LogP contribution < -0.4 is 0 Å². The summed E-state index contributed by atoms with van der Waals surface area (Å²) in [6, 6.07) is 7.94. The van der Waals surface area contributed by atoms with Gasteiger partial charge >= 0.3 is 0 Å². The van der Waals surface area contributed by atoms with Crippen molar-refractivity contribution in [2.24, 2.45) is 5.41 Å². The molecule has 24 heavy (non-hydrogen) atoms. The number of hydrogen-bond donors (Lipinski definition) is 0. The molecule has 0 spiro atoms. The summed E-state index contributed by atoms with van der Waals surface area (Å²) in [5, 5.41) is 4.10. The molecule has 1 aliphatic heterocycles. The standard InChI is InChI=1S/C19H25N3O2/c1-13-7-9-14(10-8-13)17-20-18(24-21-17)15-6-5-11-22(15)16(23)12-19(2,3)4/h7-10,15H,5-6,11-12H2,1-4H3. The van der Waals surface area contributed by atoms with Crippen molar-refractivity contribution in [1.82, 2.24) is 15.0 Å². The molecule has 1 atom stereocenters.